The maximum absolute atomic E-state index is 5.66. The van der Waals surface area contributed by atoms with E-state index in [1.807, 2.05) is 6.08 Å². The number of ether oxygens (including phenoxy) is 3. The minimum Gasteiger partial charge on any atom is -0.378 e. The lowest BCUT2D eigenvalue weighted by molar-refractivity contribution is 0.0508. The van der Waals surface area contributed by atoms with E-state index < -0.39 is 0 Å². The van der Waals surface area contributed by atoms with Crippen LogP contribution in [0.4, 0.5) is 0 Å². The summed E-state index contributed by atoms with van der Waals surface area (Å²) in [6.45, 7) is 7.85. The molecule has 1 unspecified atom stereocenters. The molecule has 3 heteroatoms. The highest BCUT2D eigenvalue weighted by Gasteiger charge is 2.24. The number of epoxide rings is 1. The minimum atomic E-state index is 0.402. The molecule has 17 heavy (non-hydrogen) atoms. The molecule has 1 heterocycles. The standard InChI is InChI=1S/C14H24O3/c1-2-7-15-8-12-3-5-13(6-4-12)9-16-10-14-11-17-14/h2,12-14H,1,3-11H2. The Bertz CT molecular complexity index is 218. The molecule has 1 aliphatic heterocycles. The van der Waals surface area contributed by atoms with Crippen molar-refractivity contribution in [3.8, 4) is 0 Å². The first-order valence-electron chi connectivity index (χ1n) is 6.76. The molecule has 2 aliphatic rings. The van der Waals surface area contributed by atoms with E-state index in [-0.39, 0.29) is 0 Å². The third-order valence-electron chi connectivity index (χ3n) is 3.62. The molecule has 98 valence electrons. The first kappa shape index (κ1) is 13.1. The monoisotopic (exact) mass is 240 g/mol. The second-order valence-electron chi connectivity index (χ2n) is 5.21. The predicted octanol–water partition coefficient (Wildman–Crippen LogP) is 2.41. The first-order valence-corrected chi connectivity index (χ1v) is 6.76. The smallest absolute Gasteiger partial charge is 0.104 e. The van der Waals surface area contributed by atoms with Gasteiger partial charge < -0.3 is 14.2 Å². The highest BCUT2D eigenvalue weighted by molar-refractivity contribution is 4.74. The van der Waals surface area contributed by atoms with Gasteiger partial charge in [-0.1, -0.05) is 6.08 Å². The zero-order valence-corrected chi connectivity index (χ0v) is 10.6. The van der Waals surface area contributed by atoms with Gasteiger partial charge in [-0.15, -0.1) is 6.58 Å². The van der Waals surface area contributed by atoms with Crippen LogP contribution in [0.1, 0.15) is 25.7 Å². The maximum Gasteiger partial charge on any atom is 0.104 e. The van der Waals surface area contributed by atoms with Gasteiger partial charge in [-0.05, 0) is 37.5 Å². The topological polar surface area (TPSA) is 31.0 Å². The first-order chi connectivity index (χ1) is 8.38. The van der Waals surface area contributed by atoms with E-state index in [0.717, 1.165) is 38.3 Å². The van der Waals surface area contributed by atoms with E-state index in [1.54, 1.807) is 0 Å². The fraction of sp³-hybridized carbons (Fsp3) is 0.857. The Kier molecular flexibility index (Phi) is 5.49. The van der Waals surface area contributed by atoms with Crippen LogP contribution < -0.4 is 0 Å². The van der Waals surface area contributed by atoms with Gasteiger partial charge in [0.05, 0.1) is 19.8 Å². The molecule has 3 nitrogen and oxygen atoms in total. The fourth-order valence-electron chi connectivity index (χ4n) is 2.41. The average Bonchev–Trinajstić information content (AvgIpc) is 3.16. The maximum atomic E-state index is 5.66. The molecule has 0 aromatic heterocycles. The summed E-state index contributed by atoms with van der Waals surface area (Å²) in [5, 5.41) is 0. The third kappa shape index (κ3) is 5.19. The van der Waals surface area contributed by atoms with E-state index >= 15 is 0 Å². The van der Waals surface area contributed by atoms with Crippen LogP contribution >= 0.6 is 0 Å². The van der Waals surface area contributed by atoms with E-state index in [2.05, 4.69) is 6.58 Å². The Morgan fingerprint density at radius 1 is 1.00 bits per heavy atom. The molecule has 1 atom stereocenters. The highest BCUT2D eigenvalue weighted by atomic mass is 16.6. The van der Waals surface area contributed by atoms with Gasteiger partial charge in [-0.25, -0.2) is 0 Å². The summed E-state index contributed by atoms with van der Waals surface area (Å²) in [6, 6.07) is 0. The molecule has 0 bridgehead atoms. The Hall–Kier alpha value is -0.380. The second kappa shape index (κ2) is 7.14. The largest absolute Gasteiger partial charge is 0.378 e. The van der Waals surface area contributed by atoms with Crippen molar-refractivity contribution < 1.29 is 14.2 Å². The van der Waals surface area contributed by atoms with E-state index in [4.69, 9.17) is 14.2 Å². The van der Waals surface area contributed by atoms with Crippen molar-refractivity contribution >= 4 is 0 Å². The van der Waals surface area contributed by atoms with Crippen LogP contribution in [0, 0.1) is 11.8 Å². The zero-order valence-electron chi connectivity index (χ0n) is 10.6. The molecule has 0 radical (unpaired) electrons. The Labute approximate surface area is 104 Å². The third-order valence-corrected chi connectivity index (χ3v) is 3.62. The van der Waals surface area contributed by atoms with Crippen molar-refractivity contribution in [1.82, 2.24) is 0 Å². The second-order valence-corrected chi connectivity index (χ2v) is 5.21. The molecular formula is C14H24O3. The van der Waals surface area contributed by atoms with Gasteiger partial charge in [-0.3, -0.25) is 0 Å². The van der Waals surface area contributed by atoms with Crippen LogP contribution in [0.25, 0.3) is 0 Å². The van der Waals surface area contributed by atoms with Crippen molar-refractivity contribution in [1.29, 1.82) is 0 Å². The van der Waals surface area contributed by atoms with Gasteiger partial charge in [-0.2, -0.15) is 0 Å². The Morgan fingerprint density at radius 3 is 2.12 bits per heavy atom. The van der Waals surface area contributed by atoms with Gasteiger partial charge in [0, 0.05) is 13.2 Å². The van der Waals surface area contributed by atoms with Crippen molar-refractivity contribution in [2.24, 2.45) is 11.8 Å². The highest BCUT2D eigenvalue weighted by Crippen LogP contribution is 2.29. The summed E-state index contributed by atoms with van der Waals surface area (Å²) < 4.78 is 16.3. The van der Waals surface area contributed by atoms with Crippen LogP contribution in [0.5, 0.6) is 0 Å². The van der Waals surface area contributed by atoms with Gasteiger partial charge in [0.1, 0.15) is 6.10 Å². The number of rotatable bonds is 8. The van der Waals surface area contributed by atoms with Gasteiger partial charge in [0.25, 0.3) is 0 Å². The molecule has 1 saturated heterocycles. The van der Waals surface area contributed by atoms with E-state index in [1.165, 1.54) is 25.7 Å². The van der Waals surface area contributed by atoms with Crippen molar-refractivity contribution in [2.45, 2.75) is 31.8 Å². The summed E-state index contributed by atoms with van der Waals surface area (Å²) >= 11 is 0. The zero-order chi connectivity index (χ0) is 11.9. The molecule has 0 amide bonds. The lowest BCUT2D eigenvalue weighted by Crippen LogP contribution is -2.22. The minimum absolute atomic E-state index is 0.402. The summed E-state index contributed by atoms with van der Waals surface area (Å²) in [7, 11) is 0. The van der Waals surface area contributed by atoms with Crippen molar-refractivity contribution in [3.63, 3.8) is 0 Å². The summed E-state index contributed by atoms with van der Waals surface area (Å²) in [5.41, 5.74) is 0. The number of hydrogen-bond acceptors (Lipinski definition) is 3. The molecule has 1 saturated carbocycles. The summed E-state index contributed by atoms with van der Waals surface area (Å²) in [6.07, 6.45) is 7.36. The van der Waals surface area contributed by atoms with Crippen LogP contribution in [-0.2, 0) is 14.2 Å². The van der Waals surface area contributed by atoms with Gasteiger partial charge >= 0.3 is 0 Å². The van der Waals surface area contributed by atoms with Crippen LogP contribution in [0.2, 0.25) is 0 Å². The molecule has 0 spiro atoms. The fourth-order valence-corrected chi connectivity index (χ4v) is 2.41. The normalized spacial score (nSPS) is 32.4. The molecule has 2 rings (SSSR count). The van der Waals surface area contributed by atoms with E-state index in [9.17, 15) is 0 Å². The van der Waals surface area contributed by atoms with Crippen LogP contribution in [0.15, 0.2) is 12.7 Å². The van der Waals surface area contributed by atoms with Crippen LogP contribution in [0.3, 0.4) is 0 Å². The summed E-state index contributed by atoms with van der Waals surface area (Å²) in [4.78, 5) is 0. The summed E-state index contributed by atoms with van der Waals surface area (Å²) in [5.74, 6) is 1.50. The Morgan fingerprint density at radius 2 is 1.59 bits per heavy atom. The average molecular weight is 240 g/mol. The predicted molar refractivity (Wildman–Crippen MR) is 67.0 cm³/mol. The molecular weight excluding hydrogens is 216 g/mol. The molecule has 1 aliphatic carbocycles. The van der Waals surface area contributed by atoms with Crippen LogP contribution in [-0.4, -0.2) is 39.1 Å². The quantitative estimate of drug-likeness (QED) is 0.371. The van der Waals surface area contributed by atoms with Crippen molar-refractivity contribution in [3.05, 3.63) is 12.7 Å². The number of hydrogen-bond donors (Lipinski definition) is 0. The molecule has 0 aromatic rings. The SMILES string of the molecule is C=CCOCC1CCC(COCC2CO2)CC1. The molecule has 0 aromatic carbocycles. The molecule has 0 N–H and O–H groups in total. The molecule has 2 fully saturated rings. The van der Waals surface area contributed by atoms with Gasteiger partial charge in [0.15, 0.2) is 0 Å². The Balaban J connectivity index is 1.49. The van der Waals surface area contributed by atoms with Crippen molar-refractivity contribution in [2.75, 3.05) is 33.0 Å². The lowest BCUT2D eigenvalue weighted by Gasteiger charge is -2.28. The van der Waals surface area contributed by atoms with Gasteiger partial charge in [0.2, 0.25) is 0 Å². The lowest BCUT2D eigenvalue weighted by atomic mass is 9.83. The van der Waals surface area contributed by atoms with E-state index in [0.29, 0.717) is 12.7 Å².